The first kappa shape index (κ1) is 31.2. The number of Topliss-reactive ketones (excluding diaryl/α,β-unsaturated/α-hetero) is 2. The molecule has 6 rings (SSSR count). The highest BCUT2D eigenvalue weighted by Crippen LogP contribution is 2.45. The molecule has 6 aliphatic rings. The lowest BCUT2D eigenvalue weighted by Gasteiger charge is -2.27. The van der Waals surface area contributed by atoms with E-state index in [-0.39, 0.29) is 47.5 Å². The summed E-state index contributed by atoms with van der Waals surface area (Å²) in [6.45, 7) is 0.991. The molecule has 0 aromatic rings. The first-order valence-electron chi connectivity index (χ1n) is 17.3. The van der Waals surface area contributed by atoms with Crippen LogP contribution in [0.2, 0.25) is 0 Å². The Morgan fingerprint density at radius 1 is 0.465 bits per heavy atom. The van der Waals surface area contributed by atoms with Crippen molar-refractivity contribution in [3.05, 3.63) is 0 Å². The van der Waals surface area contributed by atoms with Gasteiger partial charge in [-0.15, -0.1) is 0 Å². The molecule has 0 bridgehead atoms. The molecule has 43 heavy (non-hydrogen) atoms. The minimum absolute atomic E-state index is 0.132. The predicted octanol–water partition coefficient (Wildman–Crippen LogP) is 5.04. The zero-order chi connectivity index (χ0) is 29.8. The van der Waals surface area contributed by atoms with Crippen LogP contribution in [-0.4, -0.2) is 73.3 Å². The van der Waals surface area contributed by atoms with Gasteiger partial charge in [-0.3, -0.25) is 19.2 Å². The molecule has 3 saturated carbocycles. The third-order valence-electron chi connectivity index (χ3n) is 10.8. The number of carbonyl (C=O) groups excluding carboxylic acids is 4. The Labute approximate surface area is 255 Å². The molecule has 3 aliphatic carbocycles. The summed E-state index contributed by atoms with van der Waals surface area (Å²) in [4.78, 5) is 50.6. The Kier molecular flexibility index (Phi) is 10.5. The lowest BCUT2D eigenvalue weighted by molar-refractivity contribution is -0.146. The molecule has 0 aromatic carbocycles. The summed E-state index contributed by atoms with van der Waals surface area (Å²) in [5, 5.41) is 0. The number of carbonyl (C=O) groups is 4. The molecule has 10 atom stereocenters. The van der Waals surface area contributed by atoms with E-state index in [1.165, 1.54) is 0 Å². The second kappa shape index (κ2) is 14.5. The van der Waals surface area contributed by atoms with E-state index in [4.69, 9.17) is 23.7 Å². The van der Waals surface area contributed by atoms with E-state index in [0.29, 0.717) is 88.0 Å². The molecule has 0 amide bonds. The average Bonchev–Trinajstić information content (AvgIpc) is 3.90. The van der Waals surface area contributed by atoms with Gasteiger partial charge in [-0.1, -0.05) is 12.8 Å². The van der Waals surface area contributed by atoms with Crippen molar-refractivity contribution in [2.45, 2.75) is 152 Å². The van der Waals surface area contributed by atoms with Gasteiger partial charge >= 0.3 is 11.9 Å². The Hall–Kier alpha value is -1.84. The maximum absolute atomic E-state index is 13.2. The van der Waals surface area contributed by atoms with E-state index in [2.05, 4.69) is 0 Å². The molecule has 3 saturated heterocycles. The Morgan fingerprint density at radius 3 is 1.30 bits per heavy atom. The highest BCUT2D eigenvalue weighted by Gasteiger charge is 2.51. The number of esters is 2. The number of epoxide rings is 3. The maximum Gasteiger partial charge on any atom is 0.305 e. The monoisotopic (exact) mass is 602 g/mol. The van der Waals surface area contributed by atoms with E-state index in [1.54, 1.807) is 0 Å². The van der Waals surface area contributed by atoms with E-state index in [1.807, 2.05) is 0 Å². The van der Waals surface area contributed by atoms with Gasteiger partial charge in [0.15, 0.2) is 0 Å². The van der Waals surface area contributed by atoms with Gasteiger partial charge in [-0.05, 0) is 88.9 Å². The number of unbranched alkanes of at least 4 members (excludes halogenated alkanes) is 4. The van der Waals surface area contributed by atoms with Crippen LogP contribution in [0.25, 0.3) is 0 Å². The fourth-order valence-electron chi connectivity index (χ4n) is 7.84. The summed E-state index contributed by atoms with van der Waals surface area (Å²) in [6.07, 6.45) is 15.8. The van der Waals surface area contributed by atoms with Crippen molar-refractivity contribution in [2.24, 2.45) is 23.7 Å². The van der Waals surface area contributed by atoms with Crippen LogP contribution in [0.15, 0.2) is 0 Å². The predicted molar refractivity (Wildman–Crippen MR) is 155 cm³/mol. The van der Waals surface area contributed by atoms with Gasteiger partial charge in [0.1, 0.15) is 11.6 Å². The van der Waals surface area contributed by atoms with Crippen LogP contribution < -0.4 is 0 Å². The first-order chi connectivity index (χ1) is 20.9. The van der Waals surface area contributed by atoms with Gasteiger partial charge in [-0.25, -0.2) is 0 Å². The van der Waals surface area contributed by atoms with Crippen LogP contribution in [0.1, 0.15) is 116 Å². The number of rotatable bonds is 18. The van der Waals surface area contributed by atoms with Crippen molar-refractivity contribution in [3.63, 3.8) is 0 Å². The van der Waals surface area contributed by atoms with Crippen molar-refractivity contribution >= 4 is 23.5 Å². The molecule has 3 aliphatic heterocycles. The van der Waals surface area contributed by atoms with Crippen molar-refractivity contribution < 1.29 is 42.9 Å². The van der Waals surface area contributed by atoms with Gasteiger partial charge in [0.25, 0.3) is 0 Å². The lowest BCUT2D eigenvalue weighted by atomic mass is 9.73. The zero-order valence-corrected chi connectivity index (χ0v) is 25.6. The summed E-state index contributed by atoms with van der Waals surface area (Å²) >= 11 is 0. The molecule has 9 nitrogen and oxygen atoms in total. The molecule has 0 radical (unpaired) electrons. The van der Waals surface area contributed by atoms with Crippen molar-refractivity contribution in [1.82, 2.24) is 0 Å². The summed E-state index contributed by atoms with van der Waals surface area (Å²) < 4.78 is 27.8. The van der Waals surface area contributed by atoms with Gasteiger partial charge in [-0.2, -0.15) is 0 Å². The van der Waals surface area contributed by atoms with Crippen molar-refractivity contribution in [2.75, 3.05) is 13.2 Å². The quantitative estimate of drug-likeness (QED) is 0.121. The fraction of sp³-hybridized carbons (Fsp3) is 0.882. The molecule has 9 heteroatoms. The van der Waals surface area contributed by atoms with Crippen LogP contribution >= 0.6 is 0 Å². The van der Waals surface area contributed by atoms with E-state index >= 15 is 0 Å². The third-order valence-corrected chi connectivity index (χ3v) is 10.8. The lowest BCUT2D eigenvalue weighted by Crippen LogP contribution is -2.35. The number of ketones is 2. The summed E-state index contributed by atoms with van der Waals surface area (Å²) in [6, 6.07) is 0. The van der Waals surface area contributed by atoms with E-state index in [0.717, 1.165) is 77.0 Å². The Morgan fingerprint density at radius 2 is 0.860 bits per heavy atom. The highest BCUT2D eigenvalue weighted by molar-refractivity contribution is 5.90. The first-order valence-corrected chi connectivity index (χ1v) is 17.3. The van der Waals surface area contributed by atoms with Gasteiger partial charge in [0, 0.05) is 37.5 Å². The number of fused-ring (bicyclic) bond motifs is 3. The SMILES string of the molecule is O=C(CCCCCC(=O)C1CC2OC2CC1C(=O)CCCCCC(=O)OCC1CCC2OC2C1)OCC1CCC2OC2C1. The molecule has 0 N–H and O–H groups in total. The summed E-state index contributed by atoms with van der Waals surface area (Å²) in [7, 11) is 0. The largest absolute Gasteiger partial charge is 0.465 e. The summed E-state index contributed by atoms with van der Waals surface area (Å²) in [5.41, 5.74) is 0. The van der Waals surface area contributed by atoms with Crippen LogP contribution in [0.5, 0.6) is 0 Å². The topological polar surface area (TPSA) is 124 Å². The standard InChI is InChI=1S/C34H50O9/c35-25(7-3-1-5-9-33(37)39-19-21-11-13-27-29(15-21)41-27)23-17-31-32(43-31)18-24(23)26(36)8-4-2-6-10-34(38)40-20-22-12-14-28-30(16-22)42-28/h21-24,27-32H,1-20H2. The molecule has 6 fully saturated rings. The normalized spacial score (nSPS) is 36.8. The van der Waals surface area contributed by atoms with E-state index < -0.39 is 0 Å². The molecular weight excluding hydrogens is 552 g/mol. The Balaban J connectivity index is 0.809. The molecule has 240 valence electrons. The second-order valence-electron chi connectivity index (χ2n) is 14.1. The number of hydrogen-bond acceptors (Lipinski definition) is 9. The smallest absolute Gasteiger partial charge is 0.305 e. The van der Waals surface area contributed by atoms with E-state index in [9.17, 15) is 19.2 Å². The molecule has 0 spiro atoms. The number of hydrogen-bond donors (Lipinski definition) is 0. The minimum atomic E-state index is -0.252. The Bertz CT molecular complexity index is 934. The molecule has 0 aromatic heterocycles. The highest BCUT2D eigenvalue weighted by atomic mass is 16.6. The number of ether oxygens (including phenoxy) is 5. The average molecular weight is 603 g/mol. The second-order valence-corrected chi connectivity index (χ2v) is 14.1. The zero-order valence-electron chi connectivity index (χ0n) is 25.6. The molecular formula is C34H50O9. The third kappa shape index (κ3) is 9.10. The van der Waals surface area contributed by atoms with Crippen LogP contribution in [-0.2, 0) is 42.9 Å². The van der Waals surface area contributed by atoms with Gasteiger partial charge in [0.2, 0.25) is 0 Å². The summed E-state index contributed by atoms with van der Waals surface area (Å²) in [5.74, 6) is 0.372. The van der Waals surface area contributed by atoms with Crippen LogP contribution in [0.4, 0.5) is 0 Å². The van der Waals surface area contributed by atoms with Gasteiger partial charge in [0.05, 0.1) is 49.8 Å². The van der Waals surface area contributed by atoms with Crippen molar-refractivity contribution in [3.8, 4) is 0 Å². The van der Waals surface area contributed by atoms with Crippen LogP contribution in [0.3, 0.4) is 0 Å². The fourth-order valence-corrected chi connectivity index (χ4v) is 7.84. The van der Waals surface area contributed by atoms with Gasteiger partial charge < -0.3 is 23.7 Å². The maximum atomic E-state index is 13.2. The van der Waals surface area contributed by atoms with Crippen LogP contribution in [0, 0.1) is 23.7 Å². The van der Waals surface area contributed by atoms with Crippen molar-refractivity contribution in [1.29, 1.82) is 0 Å². The minimum Gasteiger partial charge on any atom is -0.465 e. The molecule has 3 heterocycles. The molecule has 10 unspecified atom stereocenters.